The molecule has 0 spiro atoms. The predicted molar refractivity (Wildman–Crippen MR) is 79.6 cm³/mol. The molecule has 0 aliphatic heterocycles. The van der Waals surface area contributed by atoms with Crippen molar-refractivity contribution in [2.45, 2.75) is 37.9 Å². The lowest BCUT2D eigenvalue weighted by Gasteiger charge is -2.29. The number of aryl methyl sites for hydroxylation is 1. The van der Waals surface area contributed by atoms with Crippen molar-refractivity contribution in [2.75, 3.05) is 7.11 Å². The maximum atomic E-state index is 11.6. The van der Waals surface area contributed by atoms with Gasteiger partial charge in [-0.3, -0.25) is 4.79 Å². The van der Waals surface area contributed by atoms with Crippen LogP contribution in [0.2, 0.25) is 0 Å². The van der Waals surface area contributed by atoms with Crippen LogP contribution in [-0.2, 0) is 16.0 Å². The van der Waals surface area contributed by atoms with Crippen molar-refractivity contribution in [1.29, 1.82) is 0 Å². The van der Waals surface area contributed by atoms with E-state index in [2.05, 4.69) is 12.1 Å². The molecule has 2 N–H and O–H groups in total. The molecule has 0 bridgehead atoms. The summed E-state index contributed by atoms with van der Waals surface area (Å²) in [6.07, 6.45) is 2.65. The van der Waals surface area contributed by atoms with Gasteiger partial charge in [0.2, 0.25) is 0 Å². The molecule has 0 fully saturated rings. The average Bonchev–Trinajstić information content (AvgIpc) is 2.51. The molecule has 0 aromatic heterocycles. The molecule has 0 saturated carbocycles. The number of esters is 1. The van der Waals surface area contributed by atoms with Crippen molar-refractivity contribution in [3.8, 4) is 0 Å². The van der Waals surface area contributed by atoms with E-state index in [4.69, 9.17) is 4.74 Å². The second-order valence-corrected chi connectivity index (χ2v) is 5.46. The Morgan fingerprint density at radius 1 is 1.24 bits per heavy atom. The minimum Gasteiger partial charge on any atom is -0.469 e. The van der Waals surface area contributed by atoms with E-state index in [1.54, 1.807) is 6.08 Å². The largest absolute Gasteiger partial charge is 0.469 e. The first-order chi connectivity index (χ1) is 10.1. The average molecular weight is 290 g/mol. The second-order valence-electron chi connectivity index (χ2n) is 5.46. The van der Waals surface area contributed by atoms with Crippen LogP contribution in [0.5, 0.6) is 0 Å². The lowest BCUT2D eigenvalue weighted by atomic mass is 9.84. The van der Waals surface area contributed by atoms with Crippen molar-refractivity contribution in [3.63, 3.8) is 0 Å². The summed E-state index contributed by atoms with van der Waals surface area (Å²) >= 11 is 0. The maximum Gasteiger partial charge on any atom is 0.312 e. The molecular formula is C17H22O4. The lowest BCUT2D eigenvalue weighted by molar-refractivity contribution is -0.145. The topological polar surface area (TPSA) is 66.8 Å². The Kier molecular flexibility index (Phi) is 5.53. The minimum atomic E-state index is -0.897. The fourth-order valence-electron chi connectivity index (χ4n) is 2.75. The van der Waals surface area contributed by atoms with Crippen LogP contribution in [0.1, 0.15) is 24.8 Å². The smallest absolute Gasteiger partial charge is 0.312 e. The van der Waals surface area contributed by atoms with Gasteiger partial charge in [-0.25, -0.2) is 0 Å². The lowest BCUT2D eigenvalue weighted by Crippen LogP contribution is -2.36. The summed E-state index contributed by atoms with van der Waals surface area (Å²) in [7, 11) is 1.34. The molecule has 2 unspecified atom stereocenters. The molecule has 4 heteroatoms. The number of ether oxygens (including phenoxy) is 1. The summed E-state index contributed by atoms with van der Waals surface area (Å²) in [5, 5.41) is 19.9. The minimum absolute atomic E-state index is 0.218. The first-order valence-corrected chi connectivity index (χ1v) is 7.30. The normalized spacial score (nSPS) is 25.3. The van der Waals surface area contributed by atoms with E-state index < -0.39 is 18.1 Å². The Morgan fingerprint density at radius 2 is 1.95 bits per heavy atom. The summed E-state index contributed by atoms with van der Waals surface area (Å²) in [4.78, 5) is 11.6. The number of aliphatic hydroxyl groups excluding tert-OH is 2. The first-order valence-electron chi connectivity index (χ1n) is 7.30. The molecule has 0 amide bonds. The van der Waals surface area contributed by atoms with Crippen LogP contribution in [-0.4, -0.2) is 35.5 Å². The third-order valence-corrected chi connectivity index (χ3v) is 3.93. The molecule has 1 aliphatic carbocycles. The van der Waals surface area contributed by atoms with E-state index in [0.717, 1.165) is 18.4 Å². The number of hydrogen-bond acceptors (Lipinski definition) is 4. The van der Waals surface area contributed by atoms with Gasteiger partial charge in [0.05, 0.1) is 19.1 Å². The first kappa shape index (κ1) is 15.7. The van der Waals surface area contributed by atoms with E-state index in [1.807, 2.05) is 18.2 Å². The number of benzene rings is 1. The molecule has 1 aromatic rings. The standard InChI is InChI=1S/C17H22O4/c1-21-17(20)14-10-13(16(19)15(18)11-14)9-5-8-12-6-3-2-4-7-12/h2-4,6-7,10,14-16,18-19H,5,8-9,11H2,1H3/t14?,15?,16-/m1/s1. The Balaban J connectivity index is 1.96. The highest BCUT2D eigenvalue weighted by atomic mass is 16.5. The number of carbonyl (C=O) groups excluding carboxylic acids is 1. The molecule has 1 aromatic carbocycles. The van der Waals surface area contributed by atoms with Crippen molar-refractivity contribution in [1.82, 2.24) is 0 Å². The molecule has 114 valence electrons. The van der Waals surface area contributed by atoms with Gasteiger partial charge >= 0.3 is 5.97 Å². The van der Waals surface area contributed by atoms with Gasteiger partial charge in [-0.2, -0.15) is 0 Å². The third-order valence-electron chi connectivity index (χ3n) is 3.93. The molecule has 0 saturated heterocycles. The summed E-state index contributed by atoms with van der Waals surface area (Å²) in [6.45, 7) is 0. The zero-order valence-corrected chi connectivity index (χ0v) is 12.2. The quantitative estimate of drug-likeness (QED) is 0.641. The van der Waals surface area contributed by atoms with Gasteiger partial charge < -0.3 is 14.9 Å². The van der Waals surface area contributed by atoms with Crippen LogP contribution in [0.15, 0.2) is 42.0 Å². The van der Waals surface area contributed by atoms with Gasteiger partial charge in [-0.15, -0.1) is 0 Å². The molecule has 2 rings (SSSR count). The summed E-state index contributed by atoms with van der Waals surface area (Å²) in [5.41, 5.74) is 1.98. The predicted octanol–water partition coefficient (Wildman–Crippen LogP) is 1.85. The number of rotatable bonds is 5. The zero-order chi connectivity index (χ0) is 15.2. The molecule has 21 heavy (non-hydrogen) atoms. The van der Waals surface area contributed by atoms with Crippen molar-refractivity contribution in [2.24, 2.45) is 5.92 Å². The molecule has 0 heterocycles. The van der Waals surface area contributed by atoms with E-state index in [0.29, 0.717) is 6.42 Å². The van der Waals surface area contributed by atoms with Crippen molar-refractivity contribution in [3.05, 3.63) is 47.5 Å². The highest BCUT2D eigenvalue weighted by Gasteiger charge is 2.32. The van der Waals surface area contributed by atoms with Crippen LogP contribution in [0.4, 0.5) is 0 Å². The van der Waals surface area contributed by atoms with Gasteiger partial charge in [0.1, 0.15) is 6.10 Å². The van der Waals surface area contributed by atoms with Crippen molar-refractivity contribution < 1.29 is 19.7 Å². The van der Waals surface area contributed by atoms with Gasteiger partial charge in [-0.1, -0.05) is 36.4 Å². The second kappa shape index (κ2) is 7.38. The third kappa shape index (κ3) is 4.16. The van der Waals surface area contributed by atoms with Gasteiger partial charge in [0.15, 0.2) is 0 Å². The number of methoxy groups -OCH3 is 1. The van der Waals surface area contributed by atoms with Crippen LogP contribution in [0.3, 0.4) is 0 Å². The number of aliphatic hydroxyl groups is 2. The maximum absolute atomic E-state index is 11.6. The fourth-order valence-corrected chi connectivity index (χ4v) is 2.75. The highest BCUT2D eigenvalue weighted by Crippen LogP contribution is 2.28. The Bertz CT molecular complexity index is 495. The molecule has 1 aliphatic rings. The number of carbonyl (C=O) groups is 1. The van der Waals surface area contributed by atoms with Crippen molar-refractivity contribution >= 4 is 5.97 Å². The summed E-state index contributed by atoms with van der Waals surface area (Å²) < 4.78 is 4.72. The number of hydrogen-bond donors (Lipinski definition) is 2. The van der Waals surface area contributed by atoms with Crippen LogP contribution in [0, 0.1) is 5.92 Å². The SMILES string of the molecule is COC(=O)C1C=C(CCCc2ccccc2)[C@@H](O)C(O)C1. The molecule has 3 atom stereocenters. The van der Waals surface area contributed by atoms with Crippen LogP contribution >= 0.6 is 0 Å². The van der Waals surface area contributed by atoms with Gasteiger partial charge in [0.25, 0.3) is 0 Å². The van der Waals surface area contributed by atoms with Crippen LogP contribution in [0.25, 0.3) is 0 Å². The highest BCUT2D eigenvalue weighted by molar-refractivity contribution is 5.74. The van der Waals surface area contributed by atoms with E-state index in [1.165, 1.54) is 12.7 Å². The monoisotopic (exact) mass is 290 g/mol. The molecule has 4 nitrogen and oxygen atoms in total. The van der Waals surface area contributed by atoms with Gasteiger partial charge in [0, 0.05) is 0 Å². The van der Waals surface area contributed by atoms with Crippen LogP contribution < -0.4 is 0 Å². The Morgan fingerprint density at radius 3 is 2.62 bits per heavy atom. The van der Waals surface area contributed by atoms with Gasteiger partial charge in [-0.05, 0) is 36.8 Å². The molecular weight excluding hydrogens is 268 g/mol. The Hall–Kier alpha value is -1.65. The van der Waals surface area contributed by atoms with E-state index in [9.17, 15) is 15.0 Å². The molecule has 0 radical (unpaired) electrons. The zero-order valence-electron chi connectivity index (χ0n) is 12.2. The van der Waals surface area contributed by atoms with E-state index >= 15 is 0 Å². The fraction of sp³-hybridized carbons (Fsp3) is 0.471. The Labute approximate surface area is 125 Å². The summed E-state index contributed by atoms with van der Waals surface area (Å²) in [5.74, 6) is -0.818. The van der Waals surface area contributed by atoms with E-state index in [-0.39, 0.29) is 12.4 Å². The summed E-state index contributed by atoms with van der Waals surface area (Å²) in [6, 6.07) is 10.1.